The van der Waals surface area contributed by atoms with Crippen molar-refractivity contribution in [3.63, 3.8) is 0 Å². The van der Waals surface area contributed by atoms with E-state index in [-0.39, 0.29) is 5.91 Å². The molecular weight excluding hydrogens is 392 g/mol. The molecule has 1 saturated heterocycles. The summed E-state index contributed by atoms with van der Waals surface area (Å²) in [6.07, 6.45) is 3.02. The summed E-state index contributed by atoms with van der Waals surface area (Å²) in [6.45, 7) is 4.32. The average Bonchev–Trinajstić information content (AvgIpc) is 2.80. The van der Waals surface area contributed by atoms with Crippen LogP contribution in [0.5, 0.6) is 11.5 Å². The topological polar surface area (TPSA) is 60.0 Å². The van der Waals surface area contributed by atoms with Crippen molar-refractivity contribution in [2.45, 2.75) is 25.9 Å². The van der Waals surface area contributed by atoms with E-state index >= 15 is 0 Å². The molecule has 1 aliphatic heterocycles. The van der Waals surface area contributed by atoms with Gasteiger partial charge in [-0.15, -0.1) is 0 Å². The van der Waals surface area contributed by atoms with Crippen molar-refractivity contribution in [1.29, 1.82) is 0 Å². The van der Waals surface area contributed by atoms with Crippen molar-refractivity contribution in [3.8, 4) is 11.5 Å². The summed E-state index contributed by atoms with van der Waals surface area (Å²) >= 11 is 0. The van der Waals surface area contributed by atoms with Crippen LogP contribution < -0.4 is 14.8 Å². The fourth-order valence-electron chi connectivity index (χ4n) is 3.99. The lowest BCUT2D eigenvalue weighted by Gasteiger charge is -2.32. The van der Waals surface area contributed by atoms with Gasteiger partial charge in [-0.3, -0.25) is 9.69 Å². The summed E-state index contributed by atoms with van der Waals surface area (Å²) in [5.41, 5.74) is 2.30. The number of hydrogen-bond acceptors (Lipinski definition) is 5. The average molecular weight is 427 g/mol. The molecule has 2 aromatic rings. The molecule has 1 N–H and O–H groups in total. The van der Waals surface area contributed by atoms with Gasteiger partial charge in [0, 0.05) is 13.1 Å². The van der Waals surface area contributed by atoms with Gasteiger partial charge in [0.15, 0.2) is 11.5 Å². The summed E-state index contributed by atoms with van der Waals surface area (Å²) < 4.78 is 16.5. The zero-order valence-electron chi connectivity index (χ0n) is 18.6. The summed E-state index contributed by atoms with van der Waals surface area (Å²) in [6, 6.07) is 16.1. The van der Waals surface area contributed by atoms with E-state index in [0.29, 0.717) is 37.1 Å². The molecule has 1 heterocycles. The molecule has 0 spiro atoms. The molecule has 0 aliphatic carbocycles. The molecule has 0 aromatic heterocycles. The van der Waals surface area contributed by atoms with Gasteiger partial charge in [-0.25, -0.2) is 0 Å². The van der Waals surface area contributed by atoms with E-state index in [0.717, 1.165) is 44.5 Å². The van der Waals surface area contributed by atoms with Crippen molar-refractivity contribution in [1.82, 2.24) is 10.2 Å². The maximum Gasteiger partial charge on any atom is 0.234 e. The number of hydrogen-bond donors (Lipinski definition) is 1. The first kappa shape index (κ1) is 23.1. The van der Waals surface area contributed by atoms with Crippen LogP contribution in [0.2, 0.25) is 0 Å². The second kappa shape index (κ2) is 12.3. The Hall–Kier alpha value is -2.57. The molecule has 1 amide bonds. The van der Waals surface area contributed by atoms with E-state index in [9.17, 15) is 4.79 Å². The molecule has 31 heavy (non-hydrogen) atoms. The van der Waals surface area contributed by atoms with E-state index in [1.807, 2.05) is 36.4 Å². The SMILES string of the molecule is COc1ccc(CCNC(=O)CN2CCC[C@@H](COCc3ccccc3)C2)cc1OC. The van der Waals surface area contributed by atoms with Crippen LogP contribution in [0, 0.1) is 5.92 Å². The largest absolute Gasteiger partial charge is 0.493 e. The molecule has 0 bridgehead atoms. The molecule has 6 nitrogen and oxygen atoms in total. The first-order chi connectivity index (χ1) is 15.2. The third-order valence-electron chi connectivity index (χ3n) is 5.62. The number of carbonyl (C=O) groups excluding carboxylic acids is 1. The molecule has 2 aromatic carbocycles. The van der Waals surface area contributed by atoms with Gasteiger partial charge >= 0.3 is 0 Å². The summed E-state index contributed by atoms with van der Waals surface area (Å²) in [7, 11) is 3.25. The number of rotatable bonds is 11. The lowest BCUT2D eigenvalue weighted by atomic mass is 9.99. The monoisotopic (exact) mass is 426 g/mol. The Bertz CT molecular complexity index is 812. The Morgan fingerprint density at radius 2 is 1.87 bits per heavy atom. The Labute approximate surface area is 185 Å². The van der Waals surface area contributed by atoms with E-state index in [4.69, 9.17) is 14.2 Å². The maximum absolute atomic E-state index is 12.4. The van der Waals surface area contributed by atoms with Crippen LogP contribution in [0.1, 0.15) is 24.0 Å². The van der Waals surface area contributed by atoms with Gasteiger partial charge in [-0.1, -0.05) is 36.4 Å². The third-order valence-corrected chi connectivity index (χ3v) is 5.62. The predicted octanol–water partition coefficient (Wildman–Crippen LogP) is 3.29. The standard InChI is InChI=1S/C25H34N2O4/c1-29-23-11-10-20(15-24(23)30-2)12-13-26-25(28)17-27-14-6-9-22(16-27)19-31-18-21-7-4-3-5-8-21/h3-5,7-8,10-11,15,22H,6,9,12-14,16-19H2,1-2H3,(H,26,28)/t22-/m1/s1. The molecule has 1 atom stereocenters. The van der Waals surface area contributed by atoms with Crippen molar-refractivity contribution in [2.24, 2.45) is 5.92 Å². The number of ether oxygens (including phenoxy) is 3. The lowest BCUT2D eigenvalue weighted by molar-refractivity contribution is -0.122. The minimum Gasteiger partial charge on any atom is -0.493 e. The number of likely N-dealkylation sites (tertiary alicyclic amines) is 1. The van der Waals surface area contributed by atoms with Gasteiger partial charge < -0.3 is 19.5 Å². The molecule has 1 aliphatic rings. The molecule has 0 radical (unpaired) electrons. The normalized spacial score (nSPS) is 16.6. The first-order valence-electron chi connectivity index (χ1n) is 11.0. The van der Waals surface area contributed by atoms with Crippen LogP contribution in [-0.4, -0.2) is 57.8 Å². The number of methoxy groups -OCH3 is 2. The van der Waals surface area contributed by atoms with Crippen molar-refractivity contribution >= 4 is 5.91 Å². The van der Waals surface area contributed by atoms with E-state index in [2.05, 4.69) is 22.3 Å². The number of benzene rings is 2. The number of nitrogens with zero attached hydrogens (tertiary/aromatic N) is 1. The van der Waals surface area contributed by atoms with E-state index in [1.165, 1.54) is 5.56 Å². The molecule has 6 heteroatoms. The number of carbonyl (C=O) groups is 1. The lowest BCUT2D eigenvalue weighted by Crippen LogP contribution is -2.43. The first-order valence-corrected chi connectivity index (χ1v) is 11.0. The minimum absolute atomic E-state index is 0.0753. The van der Waals surface area contributed by atoms with Crippen LogP contribution in [0.15, 0.2) is 48.5 Å². The van der Waals surface area contributed by atoms with Crippen LogP contribution in [0.3, 0.4) is 0 Å². The van der Waals surface area contributed by atoms with Crippen LogP contribution in [0.4, 0.5) is 0 Å². The highest BCUT2D eigenvalue weighted by Crippen LogP contribution is 2.27. The second-order valence-electron chi connectivity index (χ2n) is 8.03. The third kappa shape index (κ3) is 7.56. The van der Waals surface area contributed by atoms with Gasteiger partial charge in [0.2, 0.25) is 5.91 Å². The van der Waals surface area contributed by atoms with Crippen molar-refractivity contribution < 1.29 is 19.0 Å². The number of piperidine rings is 1. The molecular formula is C25H34N2O4. The van der Waals surface area contributed by atoms with Crippen molar-refractivity contribution in [3.05, 3.63) is 59.7 Å². The fraction of sp³-hybridized carbons (Fsp3) is 0.480. The number of amides is 1. The smallest absolute Gasteiger partial charge is 0.234 e. The summed E-state index contributed by atoms with van der Waals surface area (Å²) in [4.78, 5) is 14.6. The Morgan fingerprint density at radius 3 is 2.65 bits per heavy atom. The molecule has 0 unspecified atom stereocenters. The summed E-state index contributed by atoms with van der Waals surface area (Å²) in [5.74, 6) is 1.98. The molecule has 3 rings (SSSR count). The fourth-order valence-corrected chi connectivity index (χ4v) is 3.99. The van der Waals surface area contributed by atoms with Gasteiger partial charge in [0.25, 0.3) is 0 Å². The van der Waals surface area contributed by atoms with Crippen LogP contribution in [-0.2, 0) is 22.6 Å². The second-order valence-corrected chi connectivity index (χ2v) is 8.03. The van der Waals surface area contributed by atoms with Crippen LogP contribution >= 0.6 is 0 Å². The highest BCUT2D eigenvalue weighted by molar-refractivity contribution is 5.78. The van der Waals surface area contributed by atoms with Gasteiger partial charge in [-0.05, 0) is 55.0 Å². The summed E-state index contributed by atoms with van der Waals surface area (Å²) in [5, 5.41) is 3.04. The Kier molecular flexibility index (Phi) is 9.18. The zero-order chi connectivity index (χ0) is 21.9. The molecule has 0 saturated carbocycles. The quantitative estimate of drug-likeness (QED) is 0.598. The Morgan fingerprint density at radius 1 is 1.06 bits per heavy atom. The van der Waals surface area contributed by atoms with Gasteiger partial charge in [-0.2, -0.15) is 0 Å². The highest BCUT2D eigenvalue weighted by atomic mass is 16.5. The van der Waals surface area contributed by atoms with Gasteiger partial charge in [0.1, 0.15) is 0 Å². The van der Waals surface area contributed by atoms with Crippen LogP contribution in [0.25, 0.3) is 0 Å². The van der Waals surface area contributed by atoms with Crippen molar-refractivity contribution in [2.75, 3.05) is 47.0 Å². The van der Waals surface area contributed by atoms with E-state index in [1.54, 1.807) is 14.2 Å². The maximum atomic E-state index is 12.4. The number of nitrogens with one attached hydrogen (secondary N) is 1. The highest BCUT2D eigenvalue weighted by Gasteiger charge is 2.21. The molecule has 1 fully saturated rings. The predicted molar refractivity (Wildman–Crippen MR) is 122 cm³/mol. The molecule has 168 valence electrons. The minimum atomic E-state index is 0.0753. The Balaban J connectivity index is 1.35. The van der Waals surface area contributed by atoms with E-state index < -0.39 is 0 Å². The van der Waals surface area contributed by atoms with Gasteiger partial charge in [0.05, 0.1) is 34.0 Å². The zero-order valence-corrected chi connectivity index (χ0v) is 18.6.